The molecule has 212 valence electrons. The summed E-state index contributed by atoms with van der Waals surface area (Å²) < 4.78 is 46.5. The fourth-order valence-electron chi connectivity index (χ4n) is 6.40. The smallest absolute Gasteiger partial charge is 0.379 e. The second-order valence-electron chi connectivity index (χ2n) is 11.1. The number of likely N-dealkylation sites (tertiary alicyclic amines) is 2. The lowest BCUT2D eigenvalue weighted by Crippen LogP contribution is -2.65. The average molecular weight is 550 g/mol. The molecule has 1 aromatic rings. The predicted octanol–water partition coefficient (Wildman–Crippen LogP) is 1.43. The van der Waals surface area contributed by atoms with E-state index in [0.29, 0.717) is 18.5 Å². The molecule has 10 nitrogen and oxygen atoms in total. The lowest BCUT2D eigenvalue weighted by Gasteiger charge is -2.54. The van der Waals surface area contributed by atoms with Gasteiger partial charge in [-0.1, -0.05) is 0 Å². The Morgan fingerprint density at radius 2 is 2.00 bits per heavy atom. The van der Waals surface area contributed by atoms with Crippen molar-refractivity contribution >= 4 is 17.6 Å². The number of nitrogens with zero attached hydrogens (tertiary/aromatic N) is 5. The molecular formula is C26H34F3N7O3. The van der Waals surface area contributed by atoms with E-state index in [1.54, 1.807) is 17.2 Å². The van der Waals surface area contributed by atoms with Gasteiger partial charge in [0.2, 0.25) is 11.8 Å². The second kappa shape index (κ2) is 11.3. The molecule has 0 bridgehead atoms. The minimum atomic E-state index is -4.62. The van der Waals surface area contributed by atoms with E-state index in [9.17, 15) is 22.8 Å². The van der Waals surface area contributed by atoms with E-state index >= 15 is 0 Å². The van der Waals surface area contributed by atoms with Crippen LogP contribution in [0.15, 0.2) is 18.3 Å². The van der Waals surface area contributed by atoms with Crippen molar-refractivity contribution in [3.05, 3.63) is 23.9 Å². The van der Waals surface area contributed by atoms with Gasteiger partial charge in [0, 0.05) is 56.4 Å². The number of ether oxygens (including phenoxy) is 1. The minimum absolute atomic E-state index is 0.0172. The van der Waals surface area contributed by atoms with Gasteiger partial charge >= 0.3 is 6.18 Å². The molecule has 4 fully saturated rings. The fourth-order valence-corrected chi connectivity index (χ4v) is 6.40. The average Bonchev–Trinajstić information content (AvgIpc) is 3.37. The molecule has 5 heterocycles. The Kier molecular flexibility index (Phi) is 7.98. The Hall–Kier alpha value is -2.95. The predicted molar refractivity (Wildman–Crippen MR) is 134 cm³/mol. The molecule has 4 saturated heterocycles. The molecule has 2 N–H and O–H groups in total. The van der Waals surface area contributed by atoms with Crippen LogP contribution in [0.2, 0.25) is 0 Å². The molecule has 1 spiro atoms. The topological polar surface area (TPSA) is 114 Å². The standard InChI is InChI=1S/C26H34F3N7O3/c27-26(28,29)23-20(14-32-33-24(23)38)36-8-1-2-19(36)15-39-11-5-22(37)35-16-25(17-35)6-9-34(10-7-25)21-4-3-18(12-30)13-31-21/h3-4,13,19-20,23,32H,1-2,5-11,14-17H2,(H,33,38)/t19-,20?,23?/m0/s1. The molecule has 5 rings (SSSR count). The van der Waals surface area contributed by atoms with Gasteiger partial charge in [-0.3, -0.25) is 19.9 Å². The van der Waals surface area contributed by atoms with Gasteiger partial charge in [-0.15, -0.1) is 0 Å². The van der Waals surface area contributed by atoms with Gasteiger partial charge in [0.1, 0.15) is 11.9 Å². The van der Waals surface area contributed by atoms with Crippen molar-refractivity contribution in [3.63, 3.8) is 0 Å². The summed E-state index contributed by atoms with van der Waals surface area (Å²) in [6.07, 6.45) is 0.579. The van der Waals surface area contributed by atoms with Gasteiger partial charge in [-0.2, -0.15) is 18.4 Å². The van der Waals surface area contributed by atoms with Crippen LogP contribution in [0.3, 0.4) is 0 Å². The van der Waals surface area contributed by atoms with Gasteiger partial charge in [0.05, 0.1) is 25.2 Å². The molecule has 13 heteroatoms. The lowest BCUT2D eigenvalue weighted by molar-refractivity contribution is -0.201. The fraction of sp³-hybridized carbons (Fsp3) is 0.692. The number of aromatic nitrogens is 1. The van der Waals surface area contributed by atoms with Crippen molar-refractivity contribution in [2.45, 2.75) is 50.4 Å². The van der Waals surface area contributed by atoms with E-state index in [0.717, 1.165) is 51.3 Å². The third-order valence-corrected chi connectivity index (χ3v) is 8.59. The van der Waals surface area contributed by atoms with E-state index in [2.05, 4.69) is 26.8 Å². The van der Waals surface area contributed by atoms with Crippen LogP contribution < -0.4 is 15.8 Å². The number of alkyl halides is 3. The van der Waals surface area contributed by atoms with E-state index in [1.807, 2.05) is 11.0 Å². The van der Waals surface area contributed by atoms with Crippen molar-refractivity contribution in [2.75, 3.05) is 57.4 Å². The summed E-state index contributed by atoms with van der Waals surface area (Å²) in [5.74, 6) is -2.23. The van der Waals surface area contributed by atoms with E-state index in [4.69, 9.17) is 10.00 Å². The number of rotatable bonds is 7. The summed E-state index contributed by atoms with van der Waals surface area (Å²) in [7, 11) is 0. The molecule has 0 radical (unpaired) electrons. The van der Waals surface area contributed by atoms with Crippen molar-refractivity contribution < 1.29 is 27.5 Å². The number of hydrogen-bond acceptors (Lipinski definition) is 8. The zero-order valence-electron chi connectivity index (χ0n) is 21.8. The Labute approximate surface area is 225 Å². The summed E-state index contributed by atoms with van der Waals surface area (Å²) in [5.41, 5.74) is 5.36. The van der Waals surface area contributed by atoms with Crippen LogP contribution >= 0.6 is 0 Å². The van der Waals surface area contributed by atoms with Gasteiger partial charge in [-0.25, -0.2) is 10.4 Å². The molecular weight excluding hydrogens is 515 g/mol. The van der Waals surface area contributed by atoms with Gasteiger partial charge in [0.25, 0.3) is 0 Å². The molecule has 0 saturated carbocycles. The Bertz CT molecular complexity index is 1080. The molecule has 3 atom stereocenters. The van der Waals surface area contributed by atoms with Crippen LogP contribution in [-0.4, -0.2) is 97.3 Å². The van der Waals surface area contributed by atoms with Crippen molar-refractivity contribution in [3.8, 4) is 6.07 Å². The number of nitriles is 1. The zero-order chi connectivity index (χ0) is 27.6. The number of piperidine rings is 1. The summed E-state index contributed by atoms with van der Waals surface area (Å²) in [5, 5.41) is 8.94. The van der Waals surface area contributed by atoms with Crippen molar-refractivity contribution in [1.29, 1.82) is 5.26 Å². The second-order valence-corrected chi connectivity index (χ2v) is 11.1. The van der Waals surface area contributed by atoms with Crippen LogP contribution in [0.1, 0.15) is 37.7 Å². The third-order valence-electron chi connectivity index (χ3n) is 8.59. The summed E-state index contributed by atoms with van der Waals surface area (Å²) in [4.78, 5) is 34.9. The lowest BCUT2D eigenvalue weighted by atomic mass is 9.72. The molecule has 0 aromatic carbocycles. The maximum atomic E-state index is 13.6. The summed E-state index contributed by atoms with van der Waals surface area (Å²) >= 11 is 0. The number of carbonyl (C=O) groups excluding carboxylic acids is 2. The zero-order valence-corrected chi connectivity index (χ0v) is 21.8. The summed E-state index contributed by atoms with van der Waals surface area (Å²) in [6.45, 7) is 4.12. The largest absolute Gasteiger partial charge is 0.402 e. The molecule has 39 heavy (non-hydrogen) atoms. The maximum absolute atomic E-state index is 13.6. The number of nitrogens with one attached hydrogen (secondary N) is 2. The van der Waals surface area contributed by atoms with E-state index in [1.165, 1.54) is 0 Å². The number of halogens is 3. The maximum Gasteiger partial charge on any atom is 0.402 e. The van der Waals surface area contributed by atoms with Crippen LogP contribution in [0.25, 0.3) is 0 Å². The SMILES string of the molecule is N#Cc1ccc(N2CCC3(CC2)CN(C(=O)CCOC[C@@H]2CCCN2C2CNNC(=O)C2C(F)(F)F)C3)nc1. The molecule has 0 aliphatic carbocycles. The Morgan fingerprint density at radius 1 is 1.23 bits per heavy atom. The number of pyridine rings is 1. The summed E-state index contributed by atoms with van der Waals surface area (Å²) in [6, 6.07) is 4.52. The molecule has 4 aliphatic heterocycles. The Morgan fingerprint density at radius 3 is 2.67 bits per heavy atom. The first-order chi connectivity index (χ1) is 18.7. The van der Waals surface area contributed by atoms with Gasteiger partial charge in [-0.05, 0) is 44.4 Å². The van der Waals surface area contributed by atoms with Crippen LogP contribution in [0.4, 0.5) is 19.0 Å². The van der Waals surface area contributed by atoms with Crippen molar-refractivity contribution in [2.24, 2.45) is 11.3 Å². The monoisotopic (exact) mass is 549 g/mol. The highest BCUT2D eigenvalue weighted by molar-refractivity contribution is 5.80. The highest BCUT2D eigenvalue weighted by atomic mass is 19.4. The molecule has 2 unspecified atom stereocenters. The molecule has 1 aromatic heterocycles. The van der Waals surface area contributed by atoms with E-state index in [-0.39, 0.29) is 43.5 Å². The number of anilines is 1. The first kappa shape index (κ1) is 27.6. The number of hydrogen-bond donors (Lipinski definition) is 2. The number of amides is 2. The first-order valence-corrected chi connectivity index (χ1v) is 13.5. The van der Waals surface area contributed by atoms with Gasteiger partial charge in [0.15, 0.2) is 5.92 Å². The van der Waals surface area contributed by atoms with Crippen molar-refractivity contribution in [1.82, 2.24) is 25.6 Å². The normalized spacial score (nSPS) is 27.2. The third kappa shape index (κ3) is 5.97. The molecule has 4 aliphatic rings. The molecule has 2 amide bonds. The highest BCUT2D eigenvalue weighted by Crippen LogP contribution is 2.41. The van der Waals surface area contributed by atoms with Crippen LogP contribution in [0.5, 0.6) is 0 Å². The van der Waals surface area contributed by atoms with Gasteiger partial charge < -0.3 is 14.5 Å². The van der Waals surface area contributed by atoms with E-state index < -0.39 is 24.0 Å². The van der Waals surface area contributed by atoms with Crippen LogP contribution in [-0.2, 0) is 14.3 Å². The Balaban J connectivity index is 1.02. The van der Waals surface area contributed by atoms with Crippen LogP contribution in [0, 0.1) is 22.7 Å². The quantitative estimate of drug-likeness (QED) is 0.492. The number of carbonyl (C=O) groups is 2. The minimum Gasteiger partial charge on any atom is -0.379 e. The number of hydrazine groups is 1. The highest BCUT2D eigenvalue weighted by Gasteiger charge is 2.54. The first-order valence-electron chi connectivity index (χ1n) is 13.5.